The Balaban J connectivity index is 2.15. The third-order valence-electron chi connectivity index (χ3n) is 3.03. The van der Waals surface area contributed by atoms with E-state index >= 15 is 0 Å². The summed E-state index contributed by atoms with van der Waals surface area (Å²) in [6.45, 7) is 0.469. The van der Waals surface area contributed by atoms with Crippen LogP contribution in [0.15, 0.2) is 41.6 Å². The van der Waals surface area contributed by atoms with Crippen molar-refractivity contribution >= 4 is 36.7 Å². The van der Waals surface area contributed by atoms with Crippen molar-refractivity contribution in [2.24, 2.45) is 0 Å². The minimum Gasteiger partial charge on any atom is -0.264 e. The molecule has 0 amide bonds. The van der Waals surface area contributed by atoms with Crippen molar-refractivity contribution in [2.75, 3.05) is 11.9 Å². The van der Waals surface area contributed by atoms with Crippen molar-refractivity contribution < 1.29 is 8.42 Å². The molecule has 1 aromatic carbocycles. The molecule has 4 nitrogen and oxygen atoms in total. The molecule has 0 spiro atoms. The van der Waals surface area contributed by atoms with Crippen LogP contribution in [-0.2, 0) is 10.0 Å². The summed E-state index contributed by atoms with van der Waals surface area (Å²) in [5.41, 5.74) is 0. The number of fused-ring (bicyclic) bond motifs is 1. The van der Waals surface area contributed by atoms with Crippen LogP contribution in [-0.4, -0.2) is 25.3 Å². The average Bonchev–Trinajstić information content (AvgIpc) is 2.46. The number of hydrogen-bond donors (Lipinski definition) is 1. The molecule has 0 unspecified atom stereocenters. The number of halogens is 1. The molecule has 108 valence electrons. The lowest BCUT2D eigenvalue weighted by Gasteiger charge is -2.09. The fourth-order valence-corrected chi connectivity index (χ4v) is 3.71. The number of benzene rings is 1. The van der Waals surface area contributed by atoms with Crippen LogP contribution in [0.1, 0.15) is 19.3 Å². The molecular weight excluding hydrogens is 340 g/mol. The Hall–Kier alpha value is -0.980. The van der Waals surface area contributed by atoms with Crippen LogP contribution >= 0.6 is 15.9 Å². The second-order valence-electron chi connectivity index (χ2n) is 4.50. The molecule has 1 N–H and O–H groups in total. The van der Waals surface area contributed by atoms with Crippen LogP contribution in [0.4, 0.5) is 0 Å². The third kappa shape index (κ3) is 3.77. The number of pyridine rings is 1. The van der Waals surface area contributed by atoms with Crippen LogP contribution in [0.5, 0.6) is 0 Å². The highest BCUT2D eigenvalue weighted by Crippen LogP contribution is 2.21. The van der Waals surface area contributed by atoms with Gasteiger partial charge in [-0.15, -0.1) is 0 Å². The first kappa shape index (κ1) is 15.4. The number of unbranched alkanes of at least 4 members (excludes halogenated alkanes) is 2. The Kier molecular flexibility index (Phi) is 5.51. The lowest BCUT2D eigenvalue weighted by atomic mass is 10.2. The second kappa shape index (κ2) is 7.15. The average molecular weight is 357 g/mol. The SMILES string of the molecule is O=S(=O)(NCCCCCBr)c1cccc2cnccc12. The van der Waals surface area contributed by atoms with Gasteiger partial charge >= 0.3 is 0 Å². The molecule has 0 fully saturated rings. The molecule has 0 saturated heterocycles. The van der Waals surface area contributed by atoms with Gasteiger partial charge in [0.15, 0.2) is 0 Å². The predicted octanol–water partition coefficient (Wildman–Crippen LogP) is 3.08. The molecule has 6 heteroatoms. The van der Waals surface area contributed by atoms with E-state index in [0.717, 1.165) is 30.0 Å². The highest BCUT2D eigenvalue weighted by Gasteiger charge is 2.16. The summed E-state index contributed by atoms with van der Waals surface area (Å²) in [5, 5.41) is 2.49. The summed E-state index contributed by atoms with van der Waals surface area (Å²) in [6, 6.07) is 6.96. The number of aromatic nitrogens is 1. The van der Waals surface area contributed by atoms with E-state index in [1.165, 1.54) is 0 Å². The van der Waals surface area contributed by atoms with Gasteiger partial charge in [0.2, 0.25) is 10.0 Å². The van der Waals surface area contributed by atoms with Crippen molar-refractivity contribution in [3.05, 3.63) is 36.7 Å². The molecule has 0 radical (unpaired) electrons. The van der Waals surface area contributed by atoms with E-state index < -0.39 is 10.0 Å². The molecule has 0 aliphatic heterocycles. The summed E-state index contributed by atoms with van der Waals surface area (Å²) in [7, 11) is -3.46. The Bertz CT molecular complexity index is 668. The Labute approximate surface area is 127 Å². The highest BCUT2D eigenvalue weighted by molar-refractivity contribution is 9.09. The first-order valence-electron chi connectivity index (χ1n) is 6.53. The number of alkyl halides is 1. The van der Waals surface area contributed by atoms with Gasteiger partial charge in [-0.25, -0.2) is 13.1 Å². The maximum atomic E-state index is 12.3. The van der Waals surface area contributed by atoms with E-state index in [0.29, 0.717) is 16.8 Å². The van der Waals surface area contributed by atoms with Gasteiger partial charge in [-0.3, -0.25) is 4.98 Å². The van der Waals surface area contributed by atoms with Gasteiger partial charge in [0.1, 0.15) is 0 Å². The summed E-state index contributed by atoms with van der Waals surface area (Å²) in [4.78, 5) is 4.33. The van der Waals surface area contributed by atoms with E-state index in [-0.39, 0.29) is 0 Å². The molecule has 0 bridgehead atoms. The Morgan fingerprint density at radius 2 is 2.00 bits per heavy atom. The molecular formula is C14H17BrN2O2S. The molecule has 1 aromatic heterocycles. The molecule has 0 saturated carbocycles. The van der Waals surface area contributed by atoms with Gasteiger partial charge in [0.25, 0.3) is 0 Å². The van der Waals surface area contributed by atoms with Crippen molar-refractivity contribution in [2.45, 2.75) is 24.2 Å². The summed E-state index contributed by atoms with van der Waals surface area (Å²) < 4.78 is 27.3. The zero-order valence-corrected chi connectivity index (χ0v) is 13.5. The smallest absolute Gasteiger partial charge is 0.241 e. The second-order valence-corrected chi connectivity index (χ2v) is 7.03. The Morgan fingerprint density at radius 3 is 2.80 bits per heavy atom. The van der Waals surface area contributed by atoms with Gasteiger partial charge < -0.3 is 0 Å². The largest absolute Gasteiger partial charge is 0.264 e. The molecule has 20 heavy (non-hydrogen) atoms. The molecule has 0 atom stereocenters. The van der Waals surface area contributed by atoms with Gasteiger partial charge in [-0.05, 0) is 25.0 Å². The van der Waals surface area contributed by atoms with Gasteiger partial charge in [-0.1, -0.05) is 34.5 Å². The highest BCUT2D eigenvalue weighted by atomic mass is 79.9. The van der Waals surface area contributed by atoms with Gasteiger partial charge in [0, 0.05) is 35.0 Å². The Morgan fingerprint density at radius 1 is 1.15 bits per heavy atom. The number of nitrogens with one attached hydrogen (secondary N) is 1. The van der Waals surface area contributed by atoms with Crippen molar-refractivity contribution in [1.82, 2.24) is 9.71 Å². The zero-order valence-electron chi connectivity index (χ0n) is 11.0. The monoisotopic (exact) mass is 356 g/mol. The molecule has 2 aromatic rings. The number of sulfonamides is 1. The summed E-state index contributed by atoms with van der Waals surface area (Å²) >= 11 is 3.36. The maximum absolute atomic E-state index is 12.3. The molecule has 2 rings (SSSR count). The standard InChI is InChI=1S/C14H17BrN2O2S/c15-8-2-1-3-9-17-20(18,19)14-6-4-5-12-11-16-10-7-13(12)14/h4-7,10-11,17H,1-3,8-9H2. The minimum absolute atomic E-state index is 0.317. The zero-order chi connectivity index (χ0) is 14.4. The summed E-state index contributed by atoms with van der Waals surface area (Å²) in [5.74, 6) is 0. The van der Waals surface area contributed by atoms with E-state index in [9.17, 15) is 8.42 Å². The van der Waals surface area contributed by atoms with E-state index in [4.69, 9.17) is 0 Å². The van der Waals surface area contributed by atoms with Crippen LogP contribution in [0.25, 0.3) is 10.8 Å². The number of nitrogens with zero attached hydrogens (tertiary/aromatic N) is 1. The van der Waals surface area contributed by atoms with E-state index in [1.807, 2.05) is 6.07 Å². The predicted molar refractivity (Wildman–Crippen MR) is 84.6 cm³/mol. The maximum Gasteiger partial charge on any atom is 0.241 e. The van der Waals surface area contributed by atoms with Crippen LogP contribution < -0.4 is 4.72 Å². The first-order valence-corrected chi connectivity index (χ1v) is 9.14. The molecule has 0 aliphatic rings. The quantitative estimate of drug-likeness (QED) is 0.612. The summed E-state index contributed by atoms with van der Waals surface area (Å²) in [6.07, 6.45) is 6.19. The van der Waals surface area contributed by atoms with Crippen molar-refractivity contribution in [1.29, 1.82) is 0 Å². The van der Waals surface area contributed by atoms with E-state index in [1.54, 1.807) is 30.6 Å². The van der Waals surface area contributed by atoms with Crippen molar-refractivity contribution in [3.63, 3.8) is 0 Å². The number of hydrogen-bond acceptors (Lipinski definition) is 3. The van der Waals surface area contributed by atoms with Gasteiger partial charge in [-0.2, -0.15) is 0 Å². The first-order chi connectivity index (χ1) is 9.65. The van der Waals surface area contributed by atoms with E-state index in [2.05, 4.69) is 25.6 Å². The molecule has 0 aliphatic carbocycles. The normalized spacial score (nSPS) is 11.8. The topological polar surface area (TPSA) is 59.1 Å². The fourth-order valence-electron chi connectivity index (χ4n) is 2.01. The lowest BCUT2D eigenvalue weighted by Crippen LogP contribution is -2.25. The van der Waals surface area contributed by atoms with Crippen LogP contribution in [0, 0.1) is 0 Å². The lowest BCUT2D eigenvalue weighted by molar-refractivity contribution is 0.577. The minimum atomic E-state index is -3.46. The van der Waals surface area contributed by atoms with Crippen LogP contribution in [0.3, 0.4) is 0 Å². The fraction of sp³-hybridized carbons (Fsp3) is 0.357. The third-order valence-corrected chi connectivity index (χ3v) is 5.11. The number of rotatable bonds is 7. The van der Waals surface area contributed by atoms with Crippen molar-refractivity contribution in [3.8, 4) is 0 Å². The van der Waals surface area contributed by atoms with Gasteiger partial charge in [0.05, 0.1) is 4.90 Å². The molecule has 1 heterocycles. The van der Waals surface area contributed by atoms with Crippen LogP contribution in [0.2, 0.25) is 0 Å².